The molecule has 162 valence electrons. The Kier molecular flexibility index (Phi) is 8.76. The molecular weight excluding hydrogens is 387 g/mol. The van der Waals surface area contributed by atoms with Gasteiger partial charge in [0.2, 0.25) is 0 Å². The van der Waals surface area contributed by atoms with Crippen LogP contribution >= 0.6 is 0 Å². The summed E-state index contributed by atoms with van der Waals surface area (Å²) in [5.74, 6) is -0.770. The lowest BCUT2D eigenvalue weighted by Crippen LogP contribution is -2.31. The fourth-order valence-corrected chi connectivity index (χ4v) is 2.90. The maximum Gasteiger partial charge on any atom is 0.254 e. The highest BCUT2D eigenvalue weighted by Crippen LogP contribution is 2.30. The van der Waals surface area contributed by atoms with E-state index in [1.807, 2.05) is 19.0 Å². The number of rotatable bonds is 11. The molecule has 0 aromatic heterocycles. The number of hydrogen-bond donors (Lipinski definition) is 3. The predicted molar refractivity (Wildman–Crippen MR) is 114 cm³/mol. The monoisotopic (exact) mass is 416 g/mol. The van der Waals surface area contributed by atoms with Gasteiger partial charge in [-0.3, -0.25) is 10.2 Å². The third-order valence-corrected chi connectivity index (χ3v) is 4.49. The van der Waals surface area contributed by atoms with Crippen LogP contribution in [-0.2, 0) is 16.1 Å². The average molecular weight is 416 g/mol. The quantitative estimate of drug-likeness (QED) is 0.297. The number of benzene rings is 2. The van der Waals surface area contributed by atoms with Gasteiger partial charge in [0, 0.05) is 25.8 Å². The molecule has 0 spiro atoms. The largest absolute Gasteiger partial charge is 0.493 e. The van der Waals surface area contributed by atoms with Crippen LogP contribution in [0, 0.1) is 11.2 Å². The van der Waals surface area contributed by atoms with Crippen LogP contribution in [0.5, 0.6) is 5.75 Å². The maximum absolute atomic E-state index is 14.6. The number of amides is 1. The third-order valence-electron chi connectivity index (χ3n) is 4.49. The molecule has 30 heavy (non-hydrogen) atoms. The van der Waals surface area contributed by atoms with E-state index in [-0.39, 0.29) is 17.9 Å². The van der Waals surface area contributed by atoms with Crippen LogP contribution < -0.4 is 15.8 Å². The van der Waals surface area contributed by atoms with Gasteiger partial charge < -0.3 is 25.4 Å². The molecule has 2 aromatic carbocycles. The number of halogens is 1. The van der Waals surface area contributed by atoms with Gasteiger partial charge in [-0.1, -0.05) is 30.3 Å². The van der Waals surface area contributed by atoms with Crippen molar-refractivity contribution >= 4 is 11.7 Å². The second-order valence-corrected chi connectivity index (χ2v) is 7.10. The first-order valence-corrected chi connectivity index (χ1v) is 9.63. The van der Waals surface area contributed by atoms with Gasteiger partial charge in [0.05, 0.1) is 12.2 Å². The second kappa shape index (κ2) is 11.3. The first-order chi connectivity index (χ1) is 14.3. The molecule has 0 aliphatic carbocycles. The number of amidine groups is 1. The van der Waals surface area contributed by atoms with E-state index in [0.29, 0.717) is 17.9 Å². The zero-order chi connectivity index (χ0) is 22.1. The first kappa shape index (κ1) is 23.3. The Hall–Kier alpha value is -2.97. The number of nitrogens with zero attached hydrogens (tertiary/aromatic N) is 1. The Bertz CT molecular complexity index is 856. The number of nitrogen functional groups attached to an aromatic ring is 1. The highest BCUT2D eigenvalue weighted by atomic mass is 19.1. The number of methoxy groups -OCH3 is 1. The van der Waals surface area contributed by atoms with E-state index < -0.39 is 17.8 Å². The van der Waals surface area contributed by atoms with Crippen LogP contribution in [0.15, 0.2) is 42.5 Å². The van der Waals surface area contributed by atoms with E-state index in [0.717, 1.165) is 18.5 Å². The molecule has 7 nitrogen and oxygen atoms in total. The zero-order valence-electron chi connectivity index (χ0n) is 17.6. The summed E-state index contributed by atoms with van der Waals surface area (Å²) >= 11 is 0. The standard InChI is InChI=1S/C22H29FN4O3/c1-27(2)12-5-13-30-18-7-4-6-17(23)19(18)20(29-3)22(28)26-14-15-8-10-16(11-9-15)21(24)25/h4,6-11,20H,5,12-14H2,1-3H3,(H3,24,25)(H,26,28). The Morgan fingerprint density at radius 3 is 2.53 bits per heavy atom. The summed E-state index contributed by atoms with van der Waals surface area (Å²) in [5.41, 5.74) is 6.94. The Labute approximate surface area is 176 Å². The van der Waals surface area contributed by atoms with Gasteiger partial charge in [-0.15, -0.1) is 0 Å². The lowest BCUT2D eigenvalue weighted by Gasteiger charge is -2.20. The molecule has 0 radical (unpaired) electrons. The minimum absolute atomic E-state index is 0.0253. The molecule has 0 bridgehead atoms. The zero-order valence-corrected chi connectivity index (χ0v) is 17.6. The summed E-state index contributed by atoms with van der Waals surface area (Å²) < 4.78 is 25.6. The molecule has 2 aromatic rings. The summed E-state index contributed by atoms with van der Waals surface area (Å²) in [6.45, 7) is 1.46. The highest BCUT2D eigenvalue weighted by molar-refractivity contribution is 5.94. The maximum atomic E-state index is 14.6. The summed E-state index contributed by atoms with van der Waals surface area (Å²) in [6, 6.07) is 11.4. The van der Waals surface area contributed by atoms with Crippen molar-refractivity contribution in [3.63, 3.8) is 0 Å². The van der Waals surface area contributed by atoms with E-state index in [2.05, 4.69) is 5.32 Å². The summed E-state index contributed by atoms with van der Waals surface area (Å²) in [7, 11) is 5.29. The number of carbonyl (C=O) groups is 1. The van der Waals surface area contributed by atoms with Crippen LogP contribution in [0.1, 0.15) is 29.2 Å². The van der Waals surface area contributed by atoms with E-state index in [9.17, 15) is 9.18 Å². The number of carbonyl (C=O) groups excluding carboxylic acids is 1. The molecule has 8 heteroatoms. The molecule has 1 unspecified atom stereocenters. The molecule has 1 amide bonds. The molecule has 1 atom stereocenters. The van der Waals surface area contributed by atoms with Gasteiger partial charge in [-0.2, -0.15) is 0 Å². The fraction of sp³-hybridized carbons (Fsp3) is 0.364. The van der Waals surface area contributed by atoms with Crippen molar-refractivity contribution in [1.82, 2.24) is 10.2 Å². The molecule has 2 rings (SSSR count). The highest BCUT2D eigenvalue weighted by Gasteiger charge is 2.27. The molecule has 0 heterocycles. The molecule has 0 aliphatic rings. The van der Waals surface area contributed by atoms with Crippen LogP contribution in [-0.4, -0.2) is 51.0 Å². The fourth-order valence-electron chi connectivity index (χ4n) is 2.90. The topological polar surface area (TPSA) is 101 Å². The van der Waals surface area contributed by atoms with Crippen molar-refractivity contribution in [3.8, 4) is 5.75 Å². The van der Waals surface area contributed by atoms with Crippen LogP contribution in [0.2, 0.25) is 0 Å². The van der Waals surface area contributed by atoms with Gasteiger partial charge >= 0.3 is 0 Å². The molecular formula is C22H29FN4O3. The SMILES string of the molecule is COC(C(=O)NCc1ccc(C(=N)N)cc1)c1c(F)cccc1OCCCN(C)C. The van der Waals surface area contributed by atoms with Gasteiger partial charge in [-0.25, -0.2) is 4.39 Å². The summed E-state index contributed by atoms with van der Waals surface area (Å²) in [4.78, 5) is 14.8. The molecule has 0 aliphatic heterocycles. The summed E-state index contributed by atoms with van der Waals surface area (Å²) in [5, 5.41) is 10.2. The van der Waals surface area contributed by atoms with Crippen molar-refractivity contribution in [2.45, 2.75) is 19.1 Å². The van der Waals surface area contributed by atoms with Crippen LogP contribution in [0.3, 0.4) is 0 Å². The minimum atomic E-state index is -1.15. The van der Waals surface area contributed by atoms with Gasteiger partial charge in [0.25, 0.3) is 5.91 Å². The lowest BCUT2D eigenvalue weighted by molar-refractivity contribution is -0.131. The van der Waals surface area contributed by atoms with Crippen LogP contribution in [0.25, 0.3) is 0 Å². The van der Waals surface area contributed by atoms with Crippen molar-refractivity contribution in [2.24, 2.45) is 5.73 Å². The van der Waals surface area contributed by atoms with E-state index in [1.165, 1.54) is 13.2 Å². The first-order valence-electron chi connectivity index (χ1n) is 9.63. The second-order valence-electron chi connectivity index (χ2n) is 7.10. The third kappa shape index (κ3) is 6.53. The van der Waals surface area contributed by atoms with Gasteiger partial charge in [0.1, 0.15) is 17.4 Å². The number of nitrogens with one attached hydrogen (secondary N) is 2. The smallest absolute Gasteiger partial charge is 0.254 e. The number of hydrogen-bond acceptors (Lipinski definition) is 5. The van der Waals surface area contributed by atoms with E-state index in [4.69, 9.17) is 20.6 Å². The summed E-state index contributed by atoms with van der Waals surface area (Å²) in [6.07, 6.45) is -0.380. The lowest BCUT2D eigenvalue weighted by atomic mass is 10.1. The molecule has 0 saturated carbocycles. The van der Waals surface area contributed by atoms with Crippen molar-refractivity contribution in [2.75, 3.05) is 34.4 Å². The minimum Gasteiger partial charge on any atom is -0.493 e. The van der Waals surface area contributed by atoms with Crippen molar-refractivity contribution in [1.29, 1.82) is 5.41 Å². The predicted octanol–water partition coefficient (Wildman–Crippen LogP) is 2.44. The van der Waals surface area contributed by atoms with E-state index in [1.54, 1.807) is 36.4 Å². The molecule has 4 N–H and O–H groups in total. The normalized spacial score (nSPS) is 11.9. The number of nitrogens with two attached hydrogens (primary N) is 1. The Morgan fingerprint density at radius 2 is 1.93 bits per heavy atom. The molecule has 0 fully saturated rings. The van der Waals surface area contributed by atoms with Gasteiger partial charge in [0.15, 0.2) is 6.10 Å². The molecule has 0 saturated heterocycles. The Morgan fingerprint density at radius 1 is 1.23 bits per heavy atom. The van der Waals surface area contributed by atoms with Crippen molar-refractivity contribution in [3.05, 3.63) is 65.0 Å². The van der Waals surface area contributed by atoms with E-state index >= 15 is 0 Å². The van der Waals surface area contributed by atoms with Crippen molar-refractivity contribution < 1.29 is 18.7 Å². The van der Waals surface area contributed by atoms with Gasteiger partial charge in [-0.05, 0) is 38.2 Å². The Balaban J connectivity index is 2.08. The average Bonchev–Trinajstić information content (AvgIpc) is 2.72. The number of ether oxygens (including phenoxy) is 2. The van der Waals surface area contributed by atoms with Crippen LogP contribution in [0.4, 0.5) is 4.39 Å².